The Labute approximate surface area is 248 Å². The summed E-state index contributed by atoms with van der Waals surface area (Å²) in [5.41, 5.74) is -2.31. The summed E-state index contributed by atoms with van der Waals surface area (Å²) in [6.45, 7) is 5.99. The third kappa shape index (κ3) is 6.91. The van der Waals surface area contributed by atoms with Gasteiger partial charge in [0.25, 0.3) is 26.0 Å². The maximum atomic E-state index is 14.8. The van der Waals surface area contributed by atoms with Crippen molar-refractivity contribution >= 4 is 32.1 Å². The van der Waals surface area contributed by atoms with Crippen LogP contribution in [0.4, 0.5) is 4.79 Å². The second-order valence-corrected chi connectivity index (χ2v) is 15.1. The molecule has 0 radical (unpaired) electrons. The van der Waals surface area contributed by atoms with Gasteiger partial charge in [-0.3, -0.25) is 13.9 Å². The second-order valence-electron chi connectivity index (χ2n) is 11.6. The van der Waals surface area contributed by atoms with E-state index in [1.165, 1.54) is 33.5 Å². The van der Waals surface area contributed by atoms with Crippen LogP contribution in [0.1, 0.15) is 39.2 Å². The van der Waals surface area contributed by atoms with Gasteiger partial charge in [0, 0.05) is 46.8 Å². The Morgan fingerprint density at radius 3 is 2.17 bits per heavy atom. The molecule has 13 nitrogen and oxygen atoms in total. The van der Waals surface area contributed by atoms with Crippen LogP contribution in [-0.4, -0.2) is 109 Å². The van der Waals surface area contributed by atoms with E-state index in [4.69, 9.17) is 23.1 Å². The van der Waals surface area contributed by atoms with Crippen LogP contribution in [-0.2, 0) is 48.1 Å². The molecule has 15 heteroatoms. The van der Waals surface area contributed by atoms with Crippen LogP contribution in [0, 0.1) is 18.8 Å². The molecule has 1 unspecified atom stereocenters. The number of fused-ring (bicyclic) bond motifs is 1. The standard InChI is InChI=1S/C27H42N2O11S2/c1-18-9-11-20(12-10-18)42(34,35)29-14-13-21-19(15-23(37-6)38-7)16-28(25(31)39-26(2,3)4)27(21,24(29)30)22(17-36-5)40-41(8,32)33/h9-12,19,21-23H,13-17H2,1-8H3/t19?,21-,22+,27-/m1/s1. The van der Waals surface area contributed by atoms with Crippen LogP contribution >= 0.6 is 0 Å². The van der Waals surface area contributed by atoms with Gasteiger partial charge in [0.05, 0.1) is 17.8 Å². The molecule has 2 heterocycles. The summed E-state index contributed by atoms with van der Waals surface area (Å²) < 4.78 is 80.9. The first-order chi connectivity index (χ1) is 19.4. The van der Waals surface area contributed by atoms with Crippen LogP contribution in [0.25, 0.3) is 0 Å². The number of benzene rings is 1. The van der Waals surface area contributed by atoms with E-state index in [0.29, 0.717) is 4.31 Å². The number of carbonyl (C=O) groups excluding carboxylic acids is 2. The fourth-order valence-electron chi connectivity index (χ4n) is 5.88. The highest BCUT2D eigenvalue weighted by atomic mass is 32.2. The van der Waals surface area contributed by atoms with Crippen LogP contribution in [0.5, 0.6) is 0 Å². The number of ether oxygens (including phenoxy) is 4. The molecule has 2 saturated heterocycles. The highest BCUT2D eigenvalue weighted by Gasteiger charge is 2.69. The lowest BCUT2D eigenvalue weighted by atomic mass is 9.70. The number of sulfonamides is 1. The zero-order valence-corrected chi connectivity index (χ0v) is 27.0. The third-order valence-corrected chi connectivity index (χ3v) is 9.93. The molecule has 0 bridgehead atoms. The lowest BCUT2D eigenvalue weighted by Gasteiger charge is -2.50. The molecule has 238 valence electrons. The van der Waals surface area contributed by atoms with Gasteiger partial charge in [-0.2, -0.15) is 8.42 Å². The Morgan fingerprint density at radius 1 is 1.07 bits per heavy atom. The maximum absolute atomic E-state index is 14.8. The van der Waals surface area contributed by atoms with Crippen LogP contribution in [0.3, 0.4) is 0 Å². The van der Waals surface area contributed by atoms with Crippen molar-refractivity contribution in [3.05, 3.63) is 29.8 Å². The Kier molecular flexibility index (Phi) is 10.4. The van der Waals surface area contributed by atoms with Gasteiger partial charge < -0.3 is 18.9 Å². The quantitative estimate of drug-likeness (QED) is 0.260. The Morgan fingerprint density at radius 2 is 1.67 bits per heavy atom. The molecule has 1 aromatic rings. The maximum Gasteiger partial charge on any atom is 0.411 e. The summed E-state index contributed by atoms with van der Waals surface area (Å²) in [6, 6.07) is 5.99. The molecule has 3 rings (SSSR count). The van der Waals surface area contributed by atoms with Crippen molar-refractivity contribution in [3.63, 3.8) is 0 Å². The summed E-state index contributed by atoms with van der Waals surface area (Å²) >= 11 is 0. The van der Waals surface area contributed by atoms with Gasteiger partial charge in [0.1, 0.15) is 11.7 Å². The van der Waals surface area contributed by atoms with E-state index in [1.807, 2.05) is 0 Å². The molecule has 42 heavy (non-hydrogen) atoms. The Hall–Kier alpha value is -2.30. The van der Waals surface area contributed by atoms with Crippen molar-refractivity contribution in [3.8, 4) is 0 Å². The highest BCUT2D eigenvalue weighted by Crippen LogP contribution is 2.51. The van der Waals surface area contributed by atoms with Crippen molar-refractivity contribution in [2.24, 2.45) is 11.8 Å². The van der Waals surface area contributed by atoms with Gasteiger partial charge in [-0.1, -0.05) is 17.7 Å². The third-order valence-electron chi connectivity index (χ3n) is 7.55. The smallest absolute Gasteiger partial charge is 0.411 e. The van der Waals surface area contributed by atoms with Gasteiger partial charge in [0.15, 0.2) is 11.8 Å². The average Bonchev–Trinajstić information content (AvgIpc) is 3.21. The molecular weight excluding hydrogens is 592 g/mol. The lowest BCUT2D eigenvalue weighted by molar-refractivity contribution is -0.156. The van der Waals surface area contributed by atoms with Gasteiger partial charge in [0.2, 0.25) is 0 Å². The molecule has 0 N–H and O–H groups in total. The fraction of sp³-hybridized carbons (Fsp3) is 0.704. The molecular formula is C27H42N2O11S2. The average molecular weight is 635 g/mol. The van der Waals surface area contributed by atoms with Crippen LogP contribution in [0.2, 0.25) is 0 Å². The normalized spacial score (nSPS) is 24.2. The molecule has 4 atom stereocenters. The molecule has 2 amide bonds. The molecule has 2 fully saturated rings. The number of amides is 2. The summed E-state index contributed by atoms with van der Waals surface area (Å²) in [4.78, 5) is 29.6. The molecule has 0 spiro atoms. The van der Waals surface area contributed by atoms with E-state index in [-0.39, 0.29) is 30.8 Å². The Balaban J connectivity index is 2.29. The number of hydrogen-bond acceptors (Lipinski definition) is 11. The fourth-order valence-corrected chi connectivity index (χ4v) is 7.95. The lowest BCUT2D eigenvalue weighted by Crippen LogP contribution is -2.72. The molecule has 2 aliphatic rings. The van der Waals surface area contributed by atoms with Gasteiger partial charge in [-0.15, -0.1) is 0 Å². The van der Waals surface area contributed by atoms with E-state index < -0.39 is 74.1 Å². The number of carbonyl (C=O) groups is 2. The first-order valence-electron chi connectivity index (χ1n) is 13.5. The van der Waals surface area contributed by atoms with Gasteiger partial charge >= 0.3 is 6.09 Å². The predicted molar refractivity (Wildman–Crippen MR) is 151 cm³/mol. The number of aryl methyl sites for hydroxylation is 1. The van der Waals surface area contributed by atoms with Gasteiger partial charge in [-0.05, 0) is 52.2 Å². The molecule has 0 aliphatic carbocycles. The number of likely N-dealkylation sites (tertiary alicyclic amines) is 1. The number of nitrogens with zero attached hydrogens (tertiary/aromatic N) is 2. The number of piperidine rings is 1. The molecule has 0 aromatic heterocycles. The monoisotopic (exact) mass is 634 g/mol. The zero-order chi connectivity index (χ0) is 31.7. The van der Waals surface area contributed by atoms with Crippen molar-refractivity contribution in [2.75, 3.05) is 47.3 Å². The second kappa shape index (κ2) is 12.7. The topological polar surface area (TPSA) is 155 Å². The predicted octanol–water partition coefficient (Wildman–Crippen LogP) is 2.14. The van der Waals surface area contributed by atoms with E-state index in [9.17, 15) is 26.4 Å². The number of rotatable bonds is 11. The highest BCUT2D eigenvalue weighted by molar-refractivity contribution is 7.89. The van der Waals surface area contributed by atoms with E-state index in [2.05, 4.69) is 0 Å². The van der Waals surface area contributed by atoms with Crippen molar-refractivity contribution in [1.82, 2.24) is 9.21 Å². The first kappa shape index (κ1) is 34.2. The van der Waals surface area contributed by atoms with Crippen LogP contribution < -0.4 is 0 Å². The minimum Gasteiger partial charge on any atom is -0.444 e. The van der Waals surface area contributed by atoms with E-state index in [0.717, 1.165) is 16.7 Å². The first-order valence-corrected chi connectivity index (χ1v) is 16.7. The summed E-state index contributed by atoms with van der Waals surface area (Å²) in [5, 5.41) is 0. The van der Waals surface area contributed by atoms with E-state index in [1.54, 1.807) is 39.8 Å². The minimum atomic E-state index is -4.42. The summed E-state index contributed by atoms with van der Waals surface area (Å²) in [6.07, 6.45) is -2.13. The summed E-state index contributed by atoms with van der Waals surface area (Å²) in [5.74, 6) is -2.26. The molecule has 1 aromatic carbocycles. The SMILES string of the molecule is COC[C@H](OS(C)(=O)=O)[C@@]12C(=O)N(S(=O)(=O)c3ccc(C)cc3)CC[C@@H]1C(CC(OC)OC)CN2C(=O)OC(C)(C)C. The summed E-state index contributed by atoms with van der Waals surface area (Å²) in [7, 11) is -4.47. The van der Waals surface area contributed by atoms with Crippen molar-refractivity contribution < 1.29 is 49.6 Å². The van der Waals surface area contributed by atoms with Crippen molar-refractivity contribution in [1.29, 1.82) is 0 Å². The number of methoxy groups -OCH3 is 3. The van der Waals surface area contributed by atoms with Crippen LogP contribution in [0.15, 0.2) is 29.2 Å². The molecule has 2 aliphatic heterocycles. The minimum absolute atomic E-state index is 0.0830. The number of hydrogen-bond donors (Lipinski definition) is 0. The van der Waals surface area contributed by atoms with Gasteiger partial charge in [-0.25, -0.2) is 17.5 Å². The largest absolute Gasteiger partial charge is 0.444 e. The van der Waals surface area contributed by atoms with E-state index >= 15 is 0 Å². The zero-order valence-electron chi connectivity index (χ0n) is 25.4. The Bertz CT molecular complexity index is 1340. The molecule has 0 saturated carbocycles. The van der Waals surface area contributed by atoms with Crippen molar-refractivity contribution in [2.45, 2.75) is 69.0 Å².